The van der Waals surface area contributed by atoms with Crippen molar-refractivity contribution >= 4 is 5.91 Å². The van der Waals surface area contributed by atoms with E-state index in [1.54, 1.807) is 0 Å². The number of rotatable bonds is 5. The van der Waals surface area contributed by atoms with Crippen molar-refractivity contribution in [2.45, 2.75) is 31.7 Å². The second kappa shape index (κ2) is 8.28. The molecule has 5 heteroatoms. The summed E-state index contributed by atoms with van der Waals surface area (Å²) in [4.78, 5) is 19.1. The zero-order valence-electron chi connectivity index (χ0n) is 15.5. The largest absolute Gasteiger partial charge is 0.342 e. The van der Waals surface area contributed by atoms with E-state index < -0.39 is 0 Å². The molecule has 2 aliphatic heterocycles. The first-order valence-corrected chi connectivity index (χ1v) is 9.42. The molecule has 2 heterocycles. The summed E-state index contributed by atoms with van der Waals surface area (Å²) >= 11 is 0. The minimum Gasteiger partial charge on any atom is -0.342 e. The minimum atomic E-state index is -0.178. The van der Waals surface area contributed by atoms with E-state index >= 15 is 0 Å². The van der Waals surface area contributed by atoms with Gasteiger partial charge in [0, 0.05) is 32.2 Å². The summed E-state index contributed by atoms with van der Waals surface area (Å²) in [5, 5.41) is 0. The zero-order chi connectivity index (χ0) is 17.8. The highest BCUT2D eigenvalue weighted by atomic mass is 19.1. The Bertz CT molecular complexity index is 567. The van der Waals surface area contributed by atoms with Gasteiger partial charge in [-0.2, -0.15) is 0 Å². The van der Waals surface area contributed by atoms with Gasteiger partial charge in [0.1, 0.15) is 5.82 Å². The summed E-state index contributed by atoms with van der Waals surface area (Å²) in [6, 6.07) is 7.40. The van der Waals surface area contributed by atoms with Gasteiger partial charge in [0.05, 0.1) is 6.54 Å². The SMILES string of the molecule is CN(C)[C@@H]1CCN(CC(=O)N2CCC(Cc3ccc(F)cc3)CC2)C1. The van der Waals surface area contributed by atoms with Crippen LogP contribution >= 0.6 is 0 Å². The molecule has 0 aliphatic carbocycles. The Morgan fingerprint density at radius 3 is 2.40 bits per heavy atom. The van der Waals surface area contributed by atoms with Crippen molar-refractivity contribution in [1.29, 1.82) is 0 Å². The van der Waals surface area contributed by atoms with Crippen LogP contribution in [0.25, 0.3) is 0 Å². The number of nitrogens with zero attached hydrogens (tertiary/aromatic N) is 3. The normalized spacial score (nSPS) is 22.7. The molecule has 0 bridgehead atoms. The Hall–Kier alpha value is -1.46. The quantitative estimate of drug-likeness (QED) is 0.817. The van der Waals surface area contributed by atoms with E-state index in [-0.39, 0.29) is 11.7 Å². The minimum absolute atomic E-state index is 0.178. The predicted octanol–water partition coefficient (Wildman–Crippen LogP) is 2.24. The highest BCUT2D eigenvalue weighted by molar-refractivity contribution is 5.78. The van der Waals surface area contributed by atoms with Crippen LogP contribution in [0.2, 0.25) is 0 Å². The van der Waals surface area contributed by atoms with Crippen LogP contribution in [0.15, 0.2) is 24.3 Å². The molecule has 0 unspecified atom stereocenters. The van der Waals surface area contributed by atoms with Crippen LogP contribution in [0.3, 0.4) is 0 Å². The molecular formula is C20H30FN3O. The van der Waals surface area contributed by atoms with Crippen molar-refractivity contribution in [2.75, 3.05) is 46.8 Å². The molecule has 2 aliphatic rings. The molecular weight excluding hydrogens is 317 g/mol. The Kier molecular flexibility index (Phi) is 6.07. The first kappa shape index (κ1) is 18.3. The number of halogens is 1. The summed E-state index contributed by atoms with van der Waals surface area (Å²) < 4.78 is 13.0. The van der Waals surface area contributed by atoms with E-state index in [0.29, 0.717) is 18.5 Å². The summed E-state index contributed by atoms with van der Waals surface area (Å²) in [7, 11) is 4.23. The second-order valence-electron chi connectivity index (χ2n) is 7.80. The molecule has 0 aromatic heterocycles. The lowest BCUT2D eigenvalue weighted by Gasteiger charge is -2.33. The van der Waals surface area contributed by atoms with Gasteiger partial charge in [-0.05, 0) is 63.4 Å². The summed E-state index contributed by atoms with van der Waals surface area (Å²) in [5.41, 5.74) is 1.19. The maximum Gasteiger partial charge on any atom is 0.236 e. The lowest BCUT2D eigenvalue weighted by molar-refractivity contribution is -0.133. The highest BCUT2D eigenvalue weighted by Crippen LogP contribution is 2.22. The van der Waals surface area contributed by atoms with Crippen LogP contribution in [-0.2, 0) is 11.2 Å². The summed E-state index contributed by atoms with van der Waals surface area (Å²) in [5.74, 6) is 0.696. The number of benzene rings is 1. The van der Waals surface area contributed by atoms with Gasteiger partial charge >= 0.3 is 0 Å². The van der Waals surface area contributed by atoms with Crippen LogP contribution in [0, 0.1) is 11.7 Å². The molecule has 3 rings (SSSR count). The first-order chi connectivity index (χ1) is 12.0. The van der Waals surface area contributed by atoms with Crippen molar-refractivity contribution in [3.05, 3.63) is 35.6 Å². The fourth-order valence-corrected chi connectivity index (χ4v) is 4.01. The van der Waals surface area contributed by atoms with Gasteiger partial charge in [-0.3, -0.25) is 9.69 Å². The van der Waals surface area contributed by atoms with Crippen molar-refractivity contribution in [3.63, 3.8) is 0 Å². The van der Waals surface area contributed by atoms with Gasteiger partial charge in [-0.25, -0.2) is 4.39 Å². The molecule has 0 radical (unpaired) electrons. The molecule has 1 amide bonds. The van der Waals surface area contributed by atoms with Gasteiger partial charge in [0.15, 0.2) is 0 Å². The molecule has 1 aromatic carbocycles. The number of amides is 1. The monoisotopic (exact) mass is 347 g/mol. The van der Waals surface area contributed by atoms with Gasteiger partial charge in [-0.15, -0.1) is 0 Å². The van der Waals surface area contributed by atoms with Crippen molar-refractivity contribution in [3.8, 4) is 0 Å². The molecule has 0 spiro atoms. The van der Waals surface area contributed by atoms with Crippen molar-refractivity contribution < 1.29 is 9.18 Å². The van der Waals surface area contributed by atoms with Gasteiger partial charge in [0.2, 0.25) is 5.91 Å². The Morgan fingerprint density at radius 1 is 1.12 bits per heavy atom. The van der Waals surface area contributed by atoms with E-state index in [4.69, 9.17) is 0 Å². The van der Waals surface area contributed by atoms with Gasteiger partial charge in [0.25, 0.3) is 0 Å². The van der Waals surface area contributed by atoms with Crippen LogP contribution in [0.1, 0.15) is 24.8 Å². The fourth-order valence-electron chi connectivity index (χ4n) is 4.01. The standard InChI is InChI=1S/C20H30FN3O/c1-22(2)19-9-10-23(14-19)15-20(25)24-11-7-17(8-12-24)13-16-3-5-18(21)6-4-16/h3-6,17,19H,7-15H2,1-2H3/t19-/m1/s1. The number of carbonyl (C=O) groups is 1. The lowest BCUT2D eigenvalue weighted by atomic mass is 9.90. The third-order valence-electron chi connectivity index (χ3n) is 5.74. The van der Waals surface area contributed by atoms with E-state index in [1.807, 2.05) is 17.0 Å². The third kappa shape index (κ3) is 5.02. The van der Waals surface area contributed by atoms with E-state index in [0.717, 1.165) is 51.9 Å². The average molecular weight is 347 g/mol. The van der Waals surface area contributed by atoms with E-state index in [9.17, 15) is 9.18 Å². The smallest absolute Gasteiger partial charge is 0.236 e. The Balaban J connectivity index is 1.41. The Labute approximate surface area is 150 Å². The molecule has 1 atom stereocenters. The van der Waals surface area contributed by atoms with Gasteiger partial charge in [-0.1, -0.05) is 12.1 Å². The van der Waals surface area contributed by atoms with Crippen molar-refractivity contribution in [1.82, 2.24) is 14.7 Å². The number of hydrogen-bond donors (Lipinski definition) is 0. The maximum atomic E-state index is 13.0. The molecule has 1 aromatic rings. The Morgan fingerprint density at radius 2 is 1.80 bits per heavy atom. The topological polar surface area (TPSA) is 26.8 Å². The average Bonchev–Trinajstić information content (AvgIpc) is 3.06. The summed E-state index contributed by atoms with van der Waals surface area (Å²) in [6.45, 7) is 4.30. The molecule has 0 N–H and O–H groups in total. The van der Waals surface area contributed by atoms with Crippen LogP contribution in [-0.4, -0.2) is 73.5 Å². The highest BCUT2D eigenvalue weighted by Gasteiger charge is 2.28. The fraction of sp³-hybridized carbons (Fsp3) is 0.650. The number of likely N-dealkylation sites (N-methyl/N-ethyl adjacent to an activating group) is 1. The number of piperidine rings is 1. The maximum absolute atomic E-state index is 13.0. The lowest BCUT2D eigenvalue weighted by Crippen LogP contribution is -2.44. The number of carbonyl (C=O) groups excluding carboxylic acids is 1. The molecule has 4 nitrogen and oxygen atoms in total. The second-order valence-corrected chi connectivity index (χ2v) is 7.80. The van der Waals surface area contributed by atoms with Crippen LogP contribution in [0.4, 0.5) is 4.39 Å². The van der Waals surface area contributed by atoms with E-state index in [2.05, 4.69) is 23.9 Å². The molecule has 25 heavy (non-hydrogen) atoms. The first-order valence-electron chi connectivity index (χ1n) is 9.42. The number of hydrogen-bond acceptors (Lipinski definition) is 3. The molecule has 2 saturated heterocycles. The van der Waals surface area contributed by atoms with Gasteiger partial charge < -0.3 is 9.80 Å². The van der Waals surface area contributed by atoms with Crippen LogP contribution in [0.5, 0.6) is 0 Å². The number of likely N-dealkylation sites (tertiary alicyclic amines) is 2. The molecule has 2 fully saturated rings. The summed E-state index contributed by atoms with van der Waals surface area (Å²) in [6.07, 6.45) is 4.23. The molecule has 0 saturated carbocycles. The molecule has 138 valence electrons. The van der Waals surface area contributed by atoms with E-state index in [1.165, 1.54) is 17.7 Å². The zero-order valence-corrected chi connectivity index (χ0v) is 15.5. The third-order valence-corrected chi connectivity index (χ3v) is 5.74. The van der Waals surface area contributed by atoms with Crippen LogP contribution < -0.4 is 0 Å². The van der Waals surface area contributed by atoms with Crippen molar-refractivity contribution in [2.24, 2.45) is 5.92 Å². The predicted molar refractivity (Wildman–Crippen MR) is 97.9 cm³/mol.